The number of aryl methyl sites for hydroxylation is 1. The highest BCUT2D eigenvalue weighted by atomic mass is 16.2. The molecule has 1 aromatic carbocycles. The van der Waals surface area contributed by atoms with Gasteiger partial charge in [-0.05, 0) is 23.8 Å². The van der Waals surface area contributed by atoms with Gasteiger partial charge in [-0.15, -0.1) is 0 Å². The summed E-state index contributed by atoms with van der Waals surface area (Å²) in [6, 6.07) is 10.7. The first-order chi connectivity index (χ1) is 11.7. The van der Waals surface area contributed by atoms with Crippen LogP contribution in [0, 0.1) is 5.92 Å². The Morgan fingerprint density at radius 1 is 1.33 bits per heavy atom. The highest BCUT2D eigenvalue weighted by molar-refractivity contribution is 5.74. The molecule has 0 spiro atoms. The van der Waals surface area contributed by atoms with Crippen LogP contribution in [0.2, 0.25) is 0 Å². The molecule has 1 aliphatic heterocycles. The standard InChI is InChI=1S/C19H26N4O/c1-3-15-14-23(11-9-17(15)16-7-5-4-6-8-16)19(24)21-13-18-20-10-12-22(18)2/h4-8,10,12,15,17H,3,9,11,13-14H2,1-2H3,(H,21,24)/t15-,17+/m0/s1. The molecular formula is C19H26N4O. The highest BCUT2D eigenvalue weighted by Crippen LogP contribution is 2.34. The smallest absolute Gasteiger partial charge is 0.317 e. The maximum atomic E-state index is 12.5. The van der Waals surface area contributed by atoms with Crippen molar-refractivity contribution in [2.45, 2.75) is 32.2 Å². The summed E-state index contributed by atoms with van der Waals surface area (Å²) in [5, 5.41) is 3.00. The normalized spacial score (nSPS) is 20.8. The maximum absolute atomic E-state index is 12.5. The van der Waals surface area contributed by atoms with Crippen molar-refractivity contribution in [1.29, 1.82) is 0 Å². The van der Waals surface area contributed by atoms with E-state index in [0.29, 0.717) is 18.4 Å². The summed E-state index contributed by atoms with van der Waals surface area (Å²) >= 11 is 0. The van der Waals surface area contributed by atoms with Crippen molar-refractivity contribution in [3.63, 3.8) is 0 Å². The van der Waals surface area contributed by atoms with Crippen molar-refractivity contribution in [3.05, 3.63) is 54.1 Å². The van der Waals surface area contributed by atoms with Gasteiger partial charge < -0.3 is 14.8 Å². The molecule has 24 heavy (non-hydrogen) atoms. The van der Waals surface area contributed by atoms with E-state index in [4.69, 9.17) is 0 Å². The number of nitrogens with one attached hydrogen (secondary N) is 1. The zero-order valence-electron chi connectivity index (χ0n) is 14.5. The van der Waals surface area contributed by atoms with E-state index < -0.39 is 0 Å². The fraction of sp³-hybridized carbons (Fsp3) is 0.474. The second kappa shape index (κ2) is 7.51. The van der Waals surface area contributed by atoms with Gasteiger partial charge in [0.15, 0.2) is 0 Å². The van der Waals surface area contributed by atoms with Crippen molar-refractivity contribution >= 4 is 6.03 Å². The molecule has 3 rings (SSSR count). The van der Waals surface area contributed by atoms with Gasteiger partial charge in [-0.3, -0.25) is 0 Å². The summed E-state index contributed by atoms with van der Waals surface area (Å²) in [5.74, 6) is 1.93. The number of likely N-dealkylation sites (tertiary alicyclic amines) is 1. The van der Waals surface area contributed by atoms with Crippen LogP contribution in [0.3, 0.4) is 0 Å². The predicted molar refractivity (Wildman–Crippen MR) is 94.6 cm³/mol. The second-order valence-electron chi connectivity index (χ2n) is 6.53. The van der Waals surface area contributed by atoms with Gasteiger partial charge in [0.05, 0.1) is 6.54 Å². The molecule has 2 amide bonds. The zero-order chi connectivity index (χ0) is 16.9. The number of benzene rings is 1. The predicted octanol–water partition coefficient (Wildman–Crippen LogP) is 3.15. The Labute approximate surface area is 143 Å². The average molecular weight is 326 g/mol. The molecule has 2 heterocycles. The Hall–Kier alpha value is -2.30. The van der Waals surface area contributed by atoms with Crippen LogP contribution in [-0.4, -0.2) is 33.6 Å². The number of nitrogens with zero attached hydrogens (tertiary/aromatic N) is 3. The van der Waals surface area contributed by atoms with Crippen molar-refractivity contribution < 1.29 is 4.79 Å². The van der Waals surface area contributed by atoms with Crippen molar-refractivity contribution in [1.82, 2.24) is 19.8 Å². The first-order valence-corrected chi connectivity index (χ1v) is 8.73. The molecule has 0 saturated carbocycles. The molecular weight excluding hydrogens is 300 g/mol. The third-order valence-corrected chi connectivity index (χ3v) is 5.09. The van der Waals surface area contributed by atoms with Gasteiger partial charge in [0.25, 0.3) is 0 Å². The third-order valence-electron chi connectivity index (χ3n) is 5.09. The van der Waals surface area contributed by atoms with Gasteiger partial charge in [0.2, 0.25) is 0 Å². The van der Waals surface area contributed by atoms with E-state index in [9.17, 15) is 4.79 Å². The lowest BCUT2D eigenvalue weighted by molar-refractivity contribution is 0.151. The molecule has 0 aliphatic carbocycles. The fourth-order valence-corrected chi connectivity index (χ4v) is 3.60. The van der Waals surface area contributed by atoms with E-state index >= 15 is 0 Å². The molecule has 1 saturated heterocycles. The Morgan fingerprint density at radius 3 is 2.79 bits per heavy atom. The molecule has 5 heteroatoms. The van der Waals surface area contributed by atoms with E-state index in [1.165, 1.54) is 5.56 Å². The van der Waals surface area contributed by atoms with Crippen molar-refractivity contribution in [3.8, 4) is 0 Å². The first-order valence-electron chi connectivity index (χ1n) is 8.73. The van der Waals surface area contributed by atoms with Crippen LogP contribution in [0.1, 0.15) is 37.1 Å². The molecule has 1 aliphatic rings. The van der Waals surface area contributed by atoms with E-state index in [-0.39, 0.29) is 6.03 Å². The van der Waals surface area contributed by atoms with Crippen LogP contribution in [0.15, 0.2) is 42.7 Å². The molecule has 1 fully saturated rings. The van der Waals surface area contributed by atoms with Crippen LogP contribution in [0.5, 0.6) is 0 Å². The summed E-state index contributed by atoms with van der Waals surface area (Å²) in [7, 11) is 1.94. The topological polar surface area (TPSA) is 50.2 Å². The number of hydrogen-bond donors (Lipinski definition) is 1. The molecule has 128 valence electrons. The minimum Gasteiger partial charge on any atom is -0.337 e. The van der Waals surface area contributed by atoms with E-state index in [1.807, 2.05) is 22.7 Å². The van der Waals surface area contributed by atoms with E-state index in [0.717, 1.165) is 31.8 Å². The number of carbonyl (C=O) groups excluding carboxylic acids is 1. The number of hydrogen-bond acceptors (Lipinski definition) is 2. The number of imidazole rings is 1. The number of piperidine rings is 1. The average Bonchev–Trinajstić information content (AvgIpc) is 3.04. The minimum absolute atomic E-state index is 0.0166. The van der Waals surface area contributed by atoms with Crippen molar-refractivity contribution in [2.75, 3.05) is 13.1 Å². The molecule has 2 atom stereocenters. The lowest BCUT2D eigenvalue weighted by atomic mass is 9.79. The number of carbonyl (C=O) groups is 1. The van der Waals surface area contributed by atoms with Crippen molar-refractivity contribution in [2.24, 2.45) is 13.0 Å². The fourth-order valence-electron chi connectivity index (χ4n) is 3.60. The summed E-state index contributed by atoms with van der Waals surface area (Å²) < 4.78 is 1.93. The van der Waals surface area contributed by atoms with Crippen LogP contribution < -0.4 is 5.32 Å². The molecule has 1 N–H and O–H groups in total. The number of aromatic nitrogens is 2. The number of amides is 2. The molecule has 5 nitrogen and oxygen atoms in total. The van der Waals surface area contributed by atoms with Gasteiger partial charge >= 0.3 is 6.03 Å². The summed E-state index contributed by atoms with van der Waals surface area (Å²) in [6.07, 6.45) is 5.75. The van der Waals surface area contributed by atoms with E-state index in [1.54, 1.807) is 6.20 Å². The Morgan fingerprint density at radius 2 is 2.12 bits per heavy atom. The Kier molecular flexibility index (Phi) is 5.18. The Bertz CT molecular complexity index is 667. The second-order valence-corrected chi connectivity index (χ2v) is 6.53. The van der Waals surface area contributed by atoms with Crippen LogP contribution >= 0.6 is 0 Å². The largest absolute Gasteiger partial charge is 0.337 e. The number of urea groups is 1. The Balaban J connectivity index is 1.59. The van der Waals surface area contributed by atoms with Crippen LogP contribution in [-0.2, 0) is 13.6 Å². The summed E-state index contributed by atoms with van der Waals surface area (Å²) in [4.78, 5) is 18.7. The quantitative estimate of drug-likeness (QED) is 0.938. The summed E-state index contributed by atoms with van der Waals surface area (Å²) in [5.41, 5.74) is 1.40. The lowest BCUT2D eigenvalue weighted by Gasteiger charge is -2.38. The van der Waals surface area contributed by atoms with Crippen LogP contribution in [0.25, 0.3) is 0 Å². The van der Waals surface area contributed by atoms with Gasteiger partial charge in [-0.2, -0.15) is 0 Å². The van der Waals surface area contributed by atoms with E-state index in [2.05, 4.69) is 47.6 Å². The zero-order valence-corrected chi connectivity index (χ0v) is 14.5. The first kappa shape index (κ1) is 16.6. The van der Waals surface area contributed by atoms with Gasteiger partial charge in [0.1, 0.15) is 5.82 Å². The third kappa shape index (κ3) is 3.61. The lowest BCUT2D eigenvalue weighted by Crippen LogP contribution is -2.47. The highest BCUT2D eigenvalue weighted by Gasteiger charge is 2.31. The SMILES string of the molecule is CC[C@H]1CN(C(=O)NCc2nccn2C)CC[C@H]1c1ccccc1. The molecule has 0 bridgehead atoms. The molecule has 0 unspecified atom stereocenters. The van der Waals surface area contributed by atoms with Gasteiger partial charge in [-0.1, -0.05) is 43.7 Å². The number of rotatable bonds is 4. The molecule has 2 aromatic rings. The van der Waals surface area contributed by atoms with Gasteiger partial charge in [0, 0.05) is 32.5 Å². The van der Waals surface area contributed by atoms with Gasteiger partial charge in [-0.25, -0.2) is 9.78 Å². The summed E-state index contributed by atoms with van der Waals surface area (Å²) in [6.45, 7) is 4.32. The minimum atomic E-state index is 0.0166. The monoisotopic (exact) mass is 326 g/mol. The van der Waals surface area contributed by atoms with Crippen LogP contribution in [0.4, 0.5) is 4.79 Å². The maximum Gasteiger partial charge on any atom is 0.317 e. The molecule has 0 radical (unpaired) electrons. The molecule has 1 aromatic heterocycles.